The van der Waals surface area contributed by atoms with Gasteiger partial charge in [0.1, 0.15) is 45.0 Å². The number of H-pyrrole nitrogens is 1. The fraction of sp³-hybridized carbons (Fsp3) is 0.179. The number of fused-ring (bicyclic) bond motifs is 2. The highest BCUT2D eigenvalue weighted by molar-refractivity contribution is 8.00. The molecule has 18 heteroatoms. The van der Waals surface area contributed by atoms with Gasteiger partial charge in [0, 0.05) is 23.7 Å². The van der Waals surface area contributed by atoms with Crippen LogP contribution in [-0.4, -0.2) is 86.1 Å². The Morgan fingerprint density at radius 2 is 1.98 bits per heavy atom. The minimum atomic E-state index is -1.47. The Labute approximate surface area is 271 Å². The number of phenols is 1. The predicted molar refractivity (Wildman–Crippen MR) is 168 cm³/mol. The number of β-lactam (4-membered cyclic amide) rings is 1. The quantitative estimate of drug-likeness (QED) is 0.0810. The van der Waals surface area contributed by atoms with Crippen LogP contribution >= 0.6 is 35.3 Å². The van der Waals surface area contributed by atoms with Gasteiger partial charge in [-0.25, -0.2) is 4.79 Å². The van der Waals surface area contributed by atoms with Crippen LogP contribution in [0.25, 0.3) is 11.0 Å². The lowest BCUT2D eigenvalue weighted by Crippen LogP contribution is -2.71. The zero-order chi connectivity index (χ0) is 32.7. The Hall–Kier alpha value is -5.04. The SMILES string of the molecule is O=C(O)C1=C(C(=S)c2nnc(CO)s2)CS[C@H]2C(NC(=O)C(NC(=O)c3c[nH]c4cccnc4c3=O)c3cccc(O)c3)C(=O)N12. The van der Waals surface area contributed by atoms with Gasteiger partial charge in [0.05, 0.1) is 17.0 Å². The summed E-state index contributed by atoms with van der Waals surface area (Å²) in [7, 11) is 0. The van der Waals surface area contributed by atoms with Crippen LogP contribution in [0.5, 0.6) is 5.75 Å². The number of carboxylic acid groups (broad SMARTS) is 1. The molecule has 4 aromatic rings. The first kappa shape index (κ1) is 31.0. The van der Waals surface area contributed by atoms with Crippen molar-refractivity contribution in [3.63, 3.8) is 0 Å². The maximum atomic E-state index is 13.7. The van der Waals surface area contributed by atoms with Crippen molar-refractivity contribution in [2.24, 2.45) is 0 Å². The Balaban J connectivity index is 1.25. The van der Waals surface area contributed by atoms with Crippen molar-refractivity contribution in [2.45, 2.75) is 24.1 Å². The van der Waals surface area contributed by atoms with Gasteiger partial charge < -0.3 is 30.9 Å². The number of carbonyl (C=O) groups excluding carboxylic acids is 3. The number of nitrogens with zero attached hydrogens (tertiary/aromatic N) is 4. The van der Waals surface area contributed by atoms with E-state index in [2.05, 4.69) is 30.8 Å². The third-order valence-electron chi connectivity index (χ3n) is 7.16. The topological polar surface area (TPSA) is 228 Å². The molecule has 2 aliphatic heterocycles. The summed E-state index contributed by atoms with van der Waals surface area (Å²) >= 11 is 7.62. The summed E-state index contributed by atoms with van der Waals surface area (Å²) in [6.07, 6.45) is 2.59. The number of hydrogen-bond donors (Lipinski definition) is 6. The van der Waals surface area contributed by atoms with Gasteiger partial charge in [-0.2, -0.15) is 0 Å². The lowest BCUT2D eigenvalue weighted by atomic mass is 9.99. The summed E-state index contributed by atoms with van der Waals surface area (Å²) in [6, 6.07) is 6.11. The summed E-state index contributed by atoms with van der Waals surface area (Å²) in [5.41, 5.74) is -0.605. The van der Waals surface area contributed by atoms with Gasteiger partial charge in [-0.05, 0) is 29.8 Å². The normalized spacial score (nSPS) is 18.0. The molecule has 1 aromatic carbocycles. The third-order valence-corrected chi connectivity index (χ3v) is 9.94. The number of aromatic hydroxyl groups is 1. The second kappa shape index (κ2) is 12.4. The molecule has 5 heterocycles. The molecule has 6 rings (SSSR count). The number of phenolic OH excluding ortho intramolecular Hbond substituents is 1. The molecule has 2 aliphatic rings. The molecule has 1 saturated heterocycles. The molecule has 1 fully saturated rings. The van der Waals surface area contributed by atoms with Crippen molar-refractivity contribution in [2.75, 3.05) is 5.75 Å². The maximum absolute atomic E-state index is 13.7. The number of aliphatic carboxylic acids is 1. The number of hydrogen-bond acceptors (Lipinski definition) is 13. The first-order valence-corrected chi connectivity index (χ1v) is 15.6. The Bertz CT molecular complexity index is 2040. The average molecular weight is 680 g/mol. The van der Waals surface area contributed by atoms with Crippen LogP contribution in [0.2, 0.25) is 0 Å². The zero-order valence-corrected chi connectivity index (χ0v) is 25.6. The molecule has 3 atom stereocenters. The van der Waals surface area contributed by atoms with E-state index < -0.39 is 46.6 Å². The lowest BCUT2D eigenvalue weighted by molar-refractivity contribution is -0.150. The Kier molecular flexibility index (Phi) is 8.34. The minimum absolute atomic E-state index is 0.0177. The second-order valence-corrected chi connectivity index (χ2v) is 12.5. The lowest BCUT2D eigenvalue weighted by Gasteiger charge is -2.49. The molecule has 0 aliphatic carbocycles. The van der Waals surface area contributed by atoms with Crippen LogP contribution in [0.3, 0.4) is 0 Å². The number of aliphatic hydroxyl groups is 1. The number of pyridine rings is 2. The van der Waals surface area contributed by atoms with Gasteiger partial charge in [-0.15, -0.1) is 22.0 Å². The van der Waals surface area contributed by atoms with Crippen LogP contribution in [0.4, 0.5) is 0 Å². The molecule has 15 nitrogen and oxygen atoms in total. The smallest absolute Gasteiger partial charge is 0.353 e. The average Bonchev–Trinajstić information content (AvgIpc) is 3.54. The largest absolute Gasteiger partial charge is 0.508 e. The summed E-state index contributed by atoms with van der Waals surface area (Å²) in [4.78, 5) is 73.6. The van der Waals surface area contributed by atoms with Gasteiger partial charge in [-0.1, -0.05) is 35.7 Å². The number of nitrogens with one attached hydrogen (secondary N) is 3. The van der Waals surface area contributed by atoms with Gasteiger partial charge in [0.25, 0.3) is 11.8 Å². The Morgan fingerprint density at radius 3 is 2.70 bits per heavy atom. The van der Waals surface area contributed by atoms with Crippen molar-refractivity contribution in [3.8, 4) is 5.75 Å². The zero-order valence-electron chi connectivity index (χ0n) is 23.2. The number of rotatable bonds is 9. The molecule has 2 unspecified atom stereocenters. The van der Waals surface area contributed by atoms with Crippen molar-refractivity contribution >= 4 is 74.9 Å². The van der Waals surface area contributed by atoms with Gasteiger partial charge in [0.2, 0.25) is 11.3 Å². The van der Waals surface area contributed by atoms with Crippen LogP contribution in [0.1, 0.15) is 32.0 Å². The fourth-order valence-electron chi connectivity index (χ4n) is 5.00. The van der Waals surface area contributed by atoms with E-state index in [9.17, 15) is 39.3 Å². The monoisotopic (exact) mass is 679 g/mol. The molecule has 0 radical (unpaired) electrons. The van der Waals surface area contributed by atoms with Crippen molar-refractivity contribution in [1.82, 2.24) is 35.7 Å². The maximum Gasteiger partial charge on any atom is 0.353 e. The van der Waals surface area contributed by atoms with E-state index in [1.54, 1.807) is 12.1 Å². The van der Waals surface area contributed by atoms with Gasteiger partial charge in [0.15, 0.2) is 5.01 Å². The van der Waals surface area contributed by atoms with Gasteiger partial charge in [-0.3, -0.25) is 29.1 Å². The van der Waals surface area contributed by atoms with E-state index >= 15 is 0 Å². The van der Waals surface area contributed by atoms with E-state index in [1.807, 2.05) is 0 Å². The number of aliphatic hydroxyl groups excluding tert-OH is 1. The molecular weight excluding hydrogens is 659 g/mol. The van der Waals surface area contributed by atoms with Crippen LogP contribution < -0.4 is 16.1 Å². The van der Waals surface area contributed by atoms with E-state index in [0.29, 0.717) is 5.52 Å². The number of aromatic nitrogens is 4. The molecule has 3 amide bonds. The van der Waals surface area contributed by atoms with E-state index in [4.69, 9.17) is 12.2 Å². The summed E-state index contributed by atoms with van der Waals surface area (Å²) in [5.74, 6) is -4.03. The highest BCUT2D eigenvalue weighted by Gasteiger charge is 2.55. The van der Waals surface area contributed by atoms with E-state index in [0.717, 1.165) is 28.0 Å². The highest BCUT2D eigenvalue weighted by atomic mass is 32.2. The molecule has 0 saturated carbocycles. The Morgan fingerprint density at radius 1 is 1.17 bits per heavy atom. The predicted octanol–water partition coefficient (Wildman–Crippen LogP) is 0.600. The highest BCUT2D eigenvalue weighted by Crippen LogP contribution is 2.41. The van der Waals surface area contributed by atoms with Gasteiger partial charge >= 0.3 is 5.97 Å². The summed E-state index contributed by atoms with van der Waals surface area (Å²) in [5, 5.41) is 41.9. The molecule has 0 bridgehead atoms. The molecular formula is C28H21N7O8S3. The number of thioether (sulfide) groups is 1. The number of thiocarbonyl (C=S) groups is 1. The summed E-state index contributed by atoms with van der Waals surface area (Å²) in [6.45, 7) is -0.367. The number of aromatic amines is 1. The molecule has 3 aromatic heterocycles. The second-order valence-electron chi connectivity index (χ2n) is 9.95. The molecule has 6 N–H and O–H groups in total. The standard InChI is InChI=1S/C28H21N7O8S3/c36-9-16-33-34-25(46-16)22(44)14-10-45-27-19(26(41)35(27)20(14)28(42)43)32-24(40)17(11-3-1-4-12(37)7-11)31-23(39)13-8-30-15-5-2-6-29-18(15)21(13)38/h1-8,17,19,27,36-37H,9-10H2,(H,30,38)(H,31,39)(H,32,40)(H,42,43)/t17?,19?,27-/m0/s1. The number of amides is 3. The van der Waals surface area contributed by atoms with Crippen LogP contribution in [-0.2, 0) is 21.0 Å². The number of carbonyl (C=O) groups is 4. The number of carboxylic acids is 1. The van der Waals surface area contributed by atoms with Crippen LogP contribution in [0, 0.1) is 0 Å². The minimum Gasteiger partial charge on any atom is -0.508 e. The van der Waals surface area contributed by atoms with E-state index in [1.165, 1.54) is 36.7 Å². The number of benzene rings is 1. The van der Waals surface area contributed by atoms with Crippen molar-refractivity contribution in [3.05, 3.63) is 91.4 Å². The summed E-state index contributed by atoms with van der Waals surface area (Å²) < 4.78 is 0. The molecule has 46 heavy (non-hydrogen) atoms. The molecule has 234 valence electrons. The first-order valence-electron chi connectivity index (χ1n) is 13.3. The first-order chi connectivity index (χ1) is 22.1. The van der Waals surface area contributed by atoms with Crippen molar-refractivity contribution < 1.29 is 34.5 Å². The molecule has 0 spiro atoms. The fourth-order valence-corrected chi connectivity index (χ4v) is 7.44. The van der Waals surface area contributed by atoms with Crippen LogP contribution in [0.15, 0.2) is 64.9 Å². The third kappa shape index (κ3) is 5.51. The van der Waals surface area contributed by atoms with E-state index in [-0.39, 0.29) is 60.9 Å². The van der Waals surface area contributed by atoms with Crippen molar-refractivity contribution in [1.29, 1.82) is 0 Å².